The molecule has 14 heavy (non-hydrogen) atoms. The van der Waals surface area contributed by atoms with E-state index in [4.69, 9.17) is 5.73 Å². The fraction of sp³-hybridized carbons (Fsp3) is 0.917. The van der Waals surface area contributed by atoms with E-state index in [0.29, 0.717) is 6.42 Å². The number of Topliss-reactive ketones (excluding diaryl/α,β-unsaturated/α-hetero) is 1. The number of nitrogens with two attached hydrogens (primary N) is 1. The molecule has 2 N–H and O–H groups in total. The molecule has 0 saturated carbocycles. The number of carbonyl (C=O) groups excluding carboxylic acids is 1. The summed E-state index contributed by atoms with van der Waals surface area (Å²) in [6.07, 6.45) is 4.88. The summed E-state index contributed by atoms with van der Waals surface area (Å²) >= 11 is 0. The van der Waals surface area contributed by atoms with Crippen LogP contribution in [0.4, 0.5) is 0 Å². The molecule has 84 valence electrons. The van der Waals surface area contributed by atoms with Crippen molar-refractivity contribution in [2.75, 3.05) is 0 Å². The van der Waals surface area contributed by atoms with Crippen LogP contribution in [0.1, 0.15) is 59.8 Å². The van der Waals surface area contributed by atoms with Gasteiger partial charge in [-0.3, -0.25) is 4.79 Å². The van der Waals surface area contributed by atoms with Crippen LogP contribution in [0.5, 0.6) is 0 Å². The van der Waals surface area contributed by atoms with Crippen LogP contribution in [0.15, 0.2) is 0 Å². The number of hydrogen-bond donors (Lipinski definition) is 1. The molecule has 2 heteroatoms. The van der Waals surface area contributed by atoms with Gasteiger partial charge in [-0.05, 0) is 11.8 Å². The van der Waals surface area contributed by atoms with E-state index >= 15 is 0 Å². The van der Waals surface area contributed by atoms with Crippen molar-refractivity contribution in [1.29, 1.82) is 0 Å². The lowest BCUT2D eigenvalue weighted by atomic mass is 9.87. The van der Waals surface area contributed by atoms with Crippen molar-refractivity contribution in [3.05, 3.63) is 0 Å². The molecule has 0 aliphatic heterocycles. The third kappa shape index (κ3) is 7.07. The Morgan fingerprint density at radius 2 is 1.86 bits per heavy atom. The van der Waals surface area contributed by atoms with E-state index < -0.39 is 0 Å². The number of ketones is 1. The summed E-state index contributed by atoms with van der Waals surface area (Å²) in [4.78, 5) is 11.6. The summed E-state index contributed by atoms with van der Waals surface area (Å²) in [5.41, 5.74) is 5.88. The first kappa shape index (κ1) is 13.6. The van der Waals surface area contributed by atoms with Gasteiger partial charge in [0.1, 0.15) is 5.78 Å². The Labute approximate surface area is 88.3 Å². The smallest absolute Gasteiger partial charge is 0.150 e. The van der Waals surface area contributed by atoms with Gasteiger partial charge in [0.15, 0.2) is 0 Å². The summed E-state index contributed by atoms with van der Waals surface area (Å²) in [6.45, 7) is 8.37. The van der Waals surface area contributed by atoms with Crippen molar-refractivity contribution in [1.82, 2.24) is 0 Å². The van der Waals surface area contributed by atoms with E-state index in [1.165, 1.54) is 12.8 Å². The molecule has 0 fully saturated rings. The van der Waals surface area contributed by atoms with Crippen LogP contribution in [-0.4, -0.2) is 11.8 Å². The number of unbranched alkanes of at least 4 members (excludes halogenated alkanes) is 2. The van der Waals surface area contributed by atoms with E-state index in [-0.39, 0.29) is 17.2 Å². The van der Waals surface area contributed by atoms with Crippen molar-refractivity contribution in [2.24, 2.45) is 11.1 Å². The zero-order valence-electron chi connectivity index (χ0n) is 10.1. The van der Waals surface area contributed by atoms with Gasteiger partial charge >= 0.3 is 0 Å². The van der Waals surface area contributed by atoms with Crippen LogP contribution in [-0.2, 0) is 4.79 Å². The molecule has 2 nitrogen and oxygen atoms in total. The van der Waals surface area contributed by atoms with Crippen LogP contribution in [0.25, 0.3) is 0 Å². The van der Waals surface area contributed by atoms with Crippen molar-refractivity contribution < 1.29 is 4.79 Å². The summed E-state index contributed by atoms with van der Waals surface area (Å²) in [6, 6.07) is -0.235. The highest BCUT2D eigenvalue weighted by atomic mass is 16.1. The predicted molar refractivity (Wildman–Crippen MR) is 61.2 cm³/mol. The number of hydrogen-bond acceptors (Lipinski definition) is 2. The Morgan fingerprint density at radius 1 is 1.29 bits per heavy atom. The van der Waals surface area contributed by atoms with Crippen molar-refractivity contribution in [3.63, 3.8) is 0 Å². The van der Waals surface area contributed by atoms with Crippen molar-refractivity contribution in [2.45, 2.75) is 65.8 Å². The fourth-order valence-electron chi connectivity index (χ4n) is 1.43. The van der Waals surface area contributed by atoms with Gasteiger partial charge in [-0.1, -0.05) is 47.0 Å². The lowest BCUT2D eigenvalue weighted by Gasteiger charge is -2.19. The SMILES string of the molecule is CCCCC[C@H](N)C(=O)CC(C)(C)C. The zero-order chi connectivity index (χ0) is 11.2. The Balaban J connectivity index is 3.77. The highest BCUT2D eigenvalue weighted by molar-refractivity contribution is 5.84. The average Bonchev–Trinajstić information content (AvgIpc) is 2.01. The molecule has 0 unspecified atom stereocenters. The molecule has 0 radical (unpaired) electrons. The first-order valence-electron chi connectivity index (χ1n) is 5.65. The molecular weight excluding hydrogens is 174 g/mol. The van der Waals surface area contributed by atoms with Gasteiger partial charge in [0.05, 0.1) is 6.04 Å². The minimum atomic E-state index is -0.235. The normalized spacial score (nSPS) is 14.1. The van der Waals surface area contributed by atoms with Gasteiger partial charge in [-0.25, -0.2) is 0 Å². The van der Waals surface area contributed by atoms with Crippen LogP contribution in [0, 0.1) is 5.41 Å². The number of rotatable bonds is 6. The molecule has 0 bridgehead atoms. The second-order valence-corrected chi connectivity index (χ2v) is 5.31. The molecule has 0 aromatic rings. The summed E-state index contributed by atoms with van der Waals surface area (Å²) in [5, 5.41) is 0. The molecule has 0 spiro atoms. The quantitative estimate of drug-likeness (QED) is 0.668. The highest BCUT2D eigenvalue weighted by Crippen LogP contribution is 2.20. The van der Waals surface area contributed by atoms with E-state index in [2.05, 4.69) is 27.7 Å². The van der Waals surface area contributed by atoms with Crippen LogP contribution >= 0.6 is 0 Å². The van der Waals surface area contributed by atoms with E-state index in [9.17, 15) is 4.79 Å². The van der Waals surface area contributed by atoms with E-state index in [0.717, 1.165) is 12.8 Å². The highest BCUT2D eigenvalue weighted by Gasteiger charge is 2.20. The second-order valence-electron chi connectivity index (χ2n) is 5.31. The first-order chi connectivity index (χ1) is 6.37. The second kappa shape index (κ2) is 6.18. The molecule has 0 saturated heterocycles. The number of carbonyl (C=O) groups is 1. The maximum Gasteiger partial charge on any atom is 0.150 e. The lowest BCUT2D eigenvalue weighted by Crippen LogP contribution is -2.33. The summed E-state index contributed by atoms with van der Waals surface area (Å²) in [7, 11) is 0. The summed E-state index contributed by atoms with van der Waals surface area (Å²) in [5.74, 6) is 0.216. The molecule has 0 amide bonds. The molecule has 1 atom stereocenters. The van der Waals surface area contributed by atoms with Crippen molar-refractivity contribution >= 4 is 5.78 Å². The monoisotopic (exact) mass is 199 g/mol. The molecule has 0 aromatic heterocycles. The van der Waals surface area contributed by atoms with Crippen molar-refractivity contribution in [3.8, 4) is 0 Å². The third-order valence-corrected chi connectivity index (χ3v) is 2.24. The van der Waals surface area contributed by atoms with Gasteiger partial charge in [0, 0.05) is 6.42 Å². The Morgan fingerprint density at radius 3 is 2.29 bits per heavy atom. The van der Waals surface area contributed by atoms with Gasteiger partial charge in [0.25, 0.3) is 0 Å². The molecule has 0 aromatic carbocycles. The Bertz CT molecular complexity index is 170. The maximum atomic E-state index is 11.6. The lowest BCUT2D eigenvalue weighted by molar-refractivity contribution is -0.122. The first-order valence-corrected chi connectivity index (χ1v) is 5.65. The largest absolute Gasteiger partial charge is 0.322 e. The van der Waals surface area contributed by atoms with E-state index in [1.54, 1.807) is 0 Å². The Kier molecular flexibility index (Phi) is 6.01. The standard InChI is InChI=1S/C12H25NO/c1-5-6-7-8-10(13)11(14)9-12(2,3)4/h10H,5-9,13H2,1-4H3/t10-/m0/s1. The van der Waals surface area contributed by atoms with Gasteiger partial charge in [0.2, 0.25) is 0 Å². The van der Waals surface area contributed by atoms with Crippen LogP contribution in [0.3, 0.4) is 0 Å². The third-order valence-electron chi connectivity index (χ3n) is 2.24. The molecule has 0 rings (SSSR count). The van der Waals surface area contributed by atoms with Gasteiger partial charge < -0.3 is 5.73 Å². The maximum absolute atomic E-state index is 11.6. The molecule has 0 aliphatic rings. The Hall–Kier alpha value is -0.370. The topological polar surface area (TPSA) is 43.1 Å². The zero-order valence-corrected chi connectivity index (χ0v) is 10.1. The average molecular weight is 199 g/mol. The molecule has 0 heterocycles. The predicted octanol–water partition coefficient (Wildman–Crippen LogP) is 2.90. The molecule has 0 aliphatic carbocycles. The van der Waals surface area contributed by atoms with Gasteiger partial charge in [-0.2, -0.15) is 0 Å². The molecular formula is C12H25NO. The summed E-state index contributed by atoms with van der Waals surface area (Å²) < 4.78 is 0. The minimum Gasteiger partial charge on any atom is -0.322 e. The van der Waals surface area contributed by atoms with Crippen LogP contribution in [0.2, 0.25) is 0 Å². The van der Waals surface area contributed by atoms with Gasteiger partial charge in [-0.15, -0.1) is 0 Å². The van der Waals surface area contributed by atoms with E-state index in [1.807, 2.05) is 0 Å². The van der Waals surface area contributed by atoms with Crippen LogP contribution < -0.4 is 5.73 Å². The minimum absolute atomic E-state index is 0.0689. The fourth-order valence-corrected chi connectivity index (χ4v) is 1.43.